The van der Waals surface area contributed by atoms with Crippen LogP contribution in [0.1, 0.15) is 19.8 Å². The van der Waals surface area contributed by atoms with Gasteiger partial charge in [-0.05, 0) is 29.3 Å². The molecule has 1 aromatic heterocycles. The van der Waals surface area contributed by atoms with Crippen molar-refractivity contribution < 1.29 is 4.79 Å². The molecular weight excluding hydrogens is 390 g/mol. The second-order valence-corrected chi connectivity index (χ2v) is 9.68. The summed E-state index contributed by atoms with van der Waals surface area (Å²) in [7, 11) is 3.44. The number of amides is 1. The molecule has 23 heavy (non-hydrogen) atoms. The van der Waals surface area contributed by atoms with E-state index in [1.807, 2.05) is 12.1 Å². The zero-order valence-electron chi connectivity index (χ0n) is 12.5. The maximum absolute atomic E-state index is 11.9. The molecular formula is C14H16ClN3OS4. The highest BCUT2D eigenvalue weighted by Gasteiger charge is 2.10. The first kappa shape index (κ1) is 18.9. The summed E-state index contributed by atoms with van der Waals surface area (Å²) in [5.74, 6) is 1.29. The zero-order chi connectivity index (χ0) is 16.5. The van der Waals surface area contributed by atoms with Gasteiger partial charge in [-0.2, -0.15) is 0 Å². The Kier molecular flexibility index (Phi) is 8.60. The summed E-state index contributed by atoms with van der Waals surface area (Å²) in [4.78, 5) is 11.9. The Morgan fingerprint density at radius 3 is 2.87 bits per heavy atom. The van der Waals surface area contributed by atoms with Crippen LogP contribution in [0.4, 0.5) is 5.69 Å². The van der Waals surface area contributed by atoms with Crippen LogP contribution in [0.3, 0.4) is 0 Å². The van der Waals surface area contributed by atoms with Gasteiger partial charge < -0.3 is 5.32 Å². The number of benzene rings is 1. The Morgan fingerprint density at radius 2 is 2.09 bits per heavy atom. The first-order valence-electron chi connectivity index (χ1n) is 6.99. The molecule has 4 nitrogen and oxygen atoms in total. The van der Waals surface area contributed by atoms with Crippen LogP contribution in [0.15, 0.2) is 32.9 Å². The highest BCUT2D eigenvalue weighted by atomic mass is 35.5. The number of nitrogens with zero attached hydrogens (tertiary/aromatic N) is 2. The third kappa shape index (κ3) is 6.93. The summed E-state index contributed by atoms with van der Waals surface area (Å²) in [6, 6.07) is 7.18. The molecule has 0 bridgehead atoms. The highest BCUT2D eigenvalue weighted by molar-refractivity contribution is 8.77. The number of carbonyl (C=O) groups excluding carboxylic acids is 1. The molecule has 0 saturated heterocycles. The second-order valence-electron chi connectivity index (χ2n) is 4.41. The molecule has 0 radical (unpaired) electrons. The van der Waals surface area contributed by atoms with Gasteiger partial charge in [0.15, 0.2) is 8.68 Å². The van der Waals surface area contributed by atoms with E-state index in [1.165, 1.54) is 35.9 Å². The fourth-order valence-corrected chi connectivity index (χ4v) is 5.97. The van der Waals surface area contributed by atoms with E-state index in [0.29, 0.717) is 10.7 Å². The van der Waals surface area contributed by atoms with Crippen LogP contribution in [0.25, 0.3) is 0 Å². The van der Waals surface area contributed by atoms with Crippen molar-refractivity contribution in [3.8, 4) is 0 Å². The summed E-state index contributed by atoms with van der Waals surface area (Å²) in [5.41, 5.74) is 0.626. The van der Waals surface area contributed by atoms with Crippen molar-refractivity contribution in [1.82, 2.24) is 10.2 Å². The third-order valence-corrected chi connectivity index (χ3v) is 7.70. The van der Waals surface area contributed by atoms with E-state index < -0.39 is 0 Å². The van der Waals surface area contributed by atoms with E-state index >= 15 is 0 Å². The number of anilines is 1. The van der Waals surface area contributed by atoms with Crippen LogP contribution < -0.4 is 5.32 Å². The van der Waals surface area contributed by atoms with Crippen LogP contribution in [0.5, 0.6) is 0 Å². The predicted molar refractivity (Wildman–Crippen MR) is 104 cm³/mol. The SMILES string of the molecule is CCCCSSc1nnc(SCC(=O)Nc2ccccc2Cl)s1. The summed E-state index contributed by atoms with van der Waals surface area (Å²) >= 11 is 8.92. The summed E-state index contributed by atoms with van der Waals surface area (Å²) < 4.78 is 1.73. The van der Waals surface area contributed by atoms with Gasteiger partial charge in [0.2, 0.25) is 5.91 Å². The molecule has 2 rings (SSSR count). The molecule has 9 heteroatoms. The van der Waals surface area contributed by atoms with Gasteiger partial charge >= 0.3 is 0 Å². The van der Waals surface area contributed by atoms with Gasteiger partial charge in [0.25, 0.3) is 0 Å². The zero-order valence-corrected chi connectivity index (χ0v) is 16.5. The predicted octanol–water partition coefficient (Wildman–Crippen LogP) is 5.46. The maximum Gasteiger partial charge on any atom is 0.234 e. The van der Waals surface area contributed by atoms with Crippen LogP contribution in [-0.2, 0) is 4.79 Å². The lowest BCUT2D eigenvalue weighted by molar-refractivity contribution is -0.113. The molecule has 0 aliphatic rings. The summed E-state index contributed by atoms with van der Waals surface area (Å²) in [6.07, 6.45) is 2.41. The third-order valence-electron chi connectivity index (χ3n) is 2.57. The molecule has 0 aliphatic heterocycles. The smallest absolute Gasteiger partial charge is 0.234 e. The number of para-hydroxylation sites is 1. The molecule has 124 valence electrons. The Balaban J connectivity index is 1.74. The number of hydrogen-bond donors (Lipinski definition) is 1. The normalized spacial score (nSPS) is 10.7. The van der Waals surface area contributed by atoms with Crippen molar-refractivity contribution in [2.75, 3.05) is 16.8 Å². The molecule has 1 amide bonds. The first-order valence-corrected chi connectivity index (χ1v) is 11.5. The minimum atomic E-state index is -0.107. The molecule has 1 N–H and O–H groups in total. The van der Waals surface area contributed by atoms with Gasteiger partial charge in [0.05, 0.1) is 16.5 Å². The van der Waals surface area contributed by atoms with Crippen molar-refractivity contribution in [1.29, 1.82) is 0 Å². The summed E-state index contributed by atoms with van der Waals surface area (Å²) in [6.45, 7) is 2.18. The van der Waals surface area contributed by atoms with Gasteiger partial charge in [-0.15, -0.1) is 10.2 Å². The van der Waals surface area contributed by atoms with E-state index in [-0.39, 0.29) is 11.7 Å². The van der Waals surface area contributed by atoms with E-state index in [4.69, 9.17) is 11.6 Å². The molecule has 0 atom stereocenters. The highest BCUT2D eigenvalue weighted by Crippen LogP contribution is 2.36. The van der Waals surface area contributed by atoms with E-state index in [0.717, 1.165) is 14.4 Å². The molecule has 0 unspecified atom stereocenters. The fraction of sp³-hybridized carbons (Fsp3) is 0.357. The number of carbonyl (C=O) groups is 1. The van der Waals surface area contributed by atoms with Gasteiger partial charge in [0.1, 0.15) is 0 Å². The van der Waals surface area contributed by atoms with E-state index in [1.54, 1.807) is 33.7 Å². The number of hydrogen-bond acceptors (Lipinski definition) is 7. The first-order chi connectivity index (χ1) is 11.2. The van der Waals surface area contributed by atoms with Crippen molar-refractivity contribution in [3.63, 3.8) is 0 Å². The number of thioether (sulfide) groups is 1. The Bertz CT molecular complexity index is 638. The standard InChI is InChI=1S/C14H16ClN3OS4/c1-2-3-8-21-23-14-18-17-13(22-14)20-9-12(19)16-11-7-5-4-6-10(11)15/h4-7H,2-3,8-9H2,1H3,(H,16,19). The minimum absolute atomic E-state index is 0.107. The van der Waals surface area contributed by atoms with Crippen LogP contribution >= 0.6 is 56.3 Å². The number of rotatable bonds is 9. The van der Waals surface area contributed by atoms with Crippen molar-refractivity contribution >= 4 is 67.9 Å². The fourth-order valence-electron chi connectivity index (χ4n) is 1.46. The quantitative estimate of drug-likeness (QED) is 0.339. The summed E-state index contributed by atoms with van der Waals surface area (Å²) in [5, 5.41) is 11.6. The molecule has 2 aromatic rings. The van der Waals surface area contributed by atoms with Gasteiger partial charge in [0, 0.05) is 5.75 Å². The van der Waals surface area contributed by atoms with Crippen LogP contribution in [0.2, 0.25) is 5.02 Å². The van der Waals surface area contributed by atoms with Gasteiger partial charge in [-0.3, -0.25) is 4.79 Å². The lowest BCUT2D eigenvalue weighted by Gasteiger charge is -2.05. The average Bonchev–Trinajstić information content (AvgIpc) is 3.00. The average molecular weight is 406 g/mol. The maximum atomic E-state index is 11.9. The molecule has 0 fully saturated rings. The van der Waals surface area contributed by atoms with E-state index in [9.17, 15) is 4.79 Å². The lowest BCUT2D eigenvalue weighted by atomic mass is 10.3. The largest absolute Gasteiger partial charge is 0.324 e. The number of unbranched alkanes of at least 4 members (excludes halogenated alkanes) is 1. The molecule has 0 spiro atoms. The minimum Gasteiger partial charge on any atom is -0.324 e. The Hall–Kier alpha value is -0.410. The molecule has 0 aliphatic carbocycles. The van der Waals surface area contributed by atoms with Gasteiger partial charge in [-0.1, -0.05) is 71.0 Å². The van der Waals surface area contributed by atoms with Crippen molar-refractivity contribution in [2.24, 2.45) is 0 Å². The lowest BCUT2D eigenvalue weighted by Crippen LogP contribution is -2.14. The van der Waals surface area contributed by atoms with Crippen molar-refractivity contribution in [3.05, 3.63) is 29.3 Å². The number of halogens is 1. The van der Waals surface area contributed by atoms with Crippen LogP contribution in [-0.4, -0.2) is 27.6 Å². The molecule has 1 heterocycles. The molecule has 1 aromatic carbocycles. The van der Waals surface area contributed by atoms with E-state index in [2.05, 4.69) is 22.4 Å². The topological polar surface area (TPSA) is 54.9 Å². The van der Waals surface area contributed by atoms with Crippen LogP contribution in [0, 0.1) is 0 Å². The number of nitrogens with one attached hydrogen (secondary N) is 1. The number of aromatic nitrogens is 2. The Labute approximate surface area is 157 Å². The van der Waals surface area contributed by atoms with Crippen molar-refractivity contribution in [2.45, 2.75) is 28.4 Å². The monoisotopic (exact) mass is 405 g/mol. The van der Waals surface area contributed by atoms with Gasteiger partial charge in [-0.25, -0.2) is 0 Å². The molecule has 0 saturated carbocycles. The second kappa shape index (κ2) is 10.5. The Morgan fingerprint density at radius 1 is 1.30 bits per heavy atom.